The van der Waals surface area contributed by atoms with Gasteiger partial charge in [0.2, 0.25) is 5.91 Å². The number of ether oxygens (including phenoxy) is 1. The van der Waals surface area contributed by atoms with E-state index in [9.17, 15) is 14.4 Å². The molecule has 0 spiro atoms. The summed E-state index contributed by atoms with van der Waals surface area (Å²) in [6, 6.07) is 13.5. The van der Waals surface area contributed by atoms with E-state index in [2.05, 4.69) is 10.1 Å². The Hall–Kier alpha value is -3.15. The number of esters is 1. The molecule has 1 saturated heterocycles. The van der Waals surface area contributed by atoms with Gasteiger partial charge in [-0.25, -0.2) is 4.79 Å². The average Bonchev–Trinajstić information content (AvgIpc) is 3.07. The fourth-order valence-electron chi connectivity index (χ4n) is 2.82. The van der Waals surface area contributed by atoms with Gasteiger partial charge in [0.1, 0.15) is 0 Å². The second-order valence-corrected chi connectivity index (χ2v) is 5.69. The fraction of sp³-hybridized carbons (Fsp3) is 0.211. The monoisotopic (exact) mass is 338 g/mol. The molecule has 2 aromatic carbocycles. The van der Waals surface area contributed by atoms with Gasteiger partial charge in [-0.05, 0) is 36.8 Å². The Morgan fingerprint density at radius 2 is 1.84 bits per heavy atom. The van der Waals surface area contributed by atoms with Gasteiger partial charge in [-0.15, -0.1) is 0 Å². The van der Waals surface area contributed by atoms with Crippen molar-refractivity contribution in [2.75, 3.05) is 23.9 Å². The van der Waals surface area contributed by atoms with E-state index >= 15 is 0 Å². The summed E-state index contributed by atoms with van der Waals surface area (Å²) in [5.41, 5.74) is 1.89. The average molecular weight is 338 g/mol. The SMILES string of the molecule is COC(=O)c1cccc(C(=O)Nc2ccccc2N2CCCC2=O)c1. The Morgan fingerprint density at radius 3 is 2.56 bits per heavy atom. The predicted octanol–water partition coefficient (Wildman–Crippen LogP) is 2.85. The van der Waals surface area contributed by atoms with Gasteiger partial charge in [0, 0.05) is 18.5 Å². The molecule has 0 bridgehead atoms. The maximum Gasteiger partial charge on any atom is 0.337 e. The van der Waals surface area contributed by atoms with Crippen LogP contribution in [-0.4, -0.2) is 31.4 Å². The number of amides is 2. The molecule has 2 aromatic rings. The van der Waals surface area contributed by atoms with Crippen molar-refractivity contribution in [3.05, 3.63) is 59.7 Å². The third kappa shape index (κ3) is 3.52. The molecule has 0 saturated carbocycles. The van der Waals surface area contributed by atoms with Crippen molar-refractivity contribution >= 4 is 29.2 Å². The van der Waals surface area contributed by atoms with E-state index in [-0.39, 0.29) is 11.8 Å². The van der Waals surface area contributed by atoms with Crippen LogP contribution in [0.2, 0.25) is 0 Å². The Kier molecular flexibility index (Phi) is 4.79. The molecule has 1 N–H and O–H groups in total. The lowest BCUT2D eigenvalue weighted by atomic mass is 10.1. The lowest BCUT2D eigenvalue weighted by Gasteiger charge is -2.20. The molecule has 1 aliphatic heterocycles. The molecule has 2 amide bonds. The highest BCUT2D eigenvalue weighted by molar-refractivity contribution is 6.08. The Bertz CT molecular complexity index is 832. The molecular formula is C19H18N2O4. The summed E-state index contributed by atoms with van der Waals surface area (Å²) in [6.07, 6.45) is 1.33. The first-order valence-electron chi connectivity index (χ1n) is 7.99. The van der Waals surface area contributed by atoms with Gasteiger partial charge in [-0.3, -0.25) is 9.59 Å². The third-order valence-electron chi connectivity index (χ3n) is 4.06. The summed E-state index contributed by atoms with van der Waals surface area (Å²) in [5.74, 6) is -0.808. The second-order valence-electron chi connectivity index (χ2n) is 5.69. The van der Waals surface area contributed by atoms with Gasteiger partial charge in [0.25, 0.3) is 5.91 Å². The molecule has 128 valence electrons. The number of methoxy groups -OCH3 is 1. The fourth-order valence-corrected chi connectivity index (χ4v) is 2.82. The molecule has 1 heterocycles. The predicted molar refractivity (Wildman–Crippen MR) is 93.8 cm³/mol. The first-order valence-corrected chi connectivity index (χ1v) is 7.99. The second kappa shape index (κ2) is 7.17. The van der Waals surface area contributed by atoms with E-state index in [4.69, 9.17) is 0 Å². The van der Waals surface area contributed by atoms with Crippen molar-refractivity contribution in [1.82, 2.24) is 0 Å². The summed E-state index contributed by atoms with van der Waals surface area (Å²) in [6.45, 7) is 0.642. The van der Waals surface area contributed by atoms with Crippen LogP contribution in [0.1, 0.15) is 33.6 Å². The van der Waals surface area contributed by atoms with Crippen LogP contribution in [-0.2, 0) is 9.53 Å². The zero-order valence-corrected chi connectivity index (χ0v) is 13.8. The van der Waals surface area contributed by atoms with Gasteiger partial charge in [-0.2, -0.15) is 0 Å². The van der Waals surface area contributed by atoms with Crippen LogP contribution in [0.5, 0.6) is 0 Å². The van der Waals surface area contributed by atoms with Crippen molar-refractivity contribution < 1.29 is 19.1 Å². The quantitative estimate of drug-likeness (QED) is 0.870. The topological polar surface area (TPSA) is 75.7 Å². The van der Waals surface area contributed by atoms with Crippen LogP contribution in [0.25, 0.3) is 0 Å². The van der Waals surface area contributed by atoms with Crippen molar-refractivity contribution in [3.63, 3.8) is 0 Å². The number of carbonyl (C=O) groups is 3. The number of hydrogen-bond acceptors (Lipinski definition) is 4. The largest absolute Gasteiger partial charge is 0.465 e. The molecule has 1 aliphatic rings. The zero-order valence-electron chi connectivity index (χ0n) is 13.8. The summed E-state index contributed by atoms with van der Waals surface area (Å²) in [4.78, 5) is 37.9. The number of carbonyl (C=O) groups excluding carboxylic acids is 3. The Balaban J connectivity index is 1.85. The van der Waals surface area contributed by atoms with Gasteiger partial charge in [0.05, 0.1) is 24.0 Å². The molecule has 3 rings (SSSR count). The van der Waals surface area contributed by atoms with E-state index in [1.165, 1.54) is 13.2 Å². The molecule has 0 unspecified atom stereocenters. The van der Waals surface area contributed by atoms with E-state index in [1.54, 1.807) is 35.2 Å². The van der Waals surface area contributed by atoms with Gasteiger partial charge in [-0.1, -0.05) is 18.2 Å². The summed E-state index contributed by atoms with van der Waals surface area (Å²) in [7, 11) is 1.29. The van der Waals surface area contributed by atoms with Crippen LogP contribution in [0, 0.1) is 0 Å². The van der Waals surface area contributed by atoms with Crippen LogP contribution in [0.3, 0.4) is 0 Å². The van der Waals surface area contributed by atoms with Crippen LogP contribution in [0.4, 0.5) is 11.4 Å². The van der Waals surface area contributed by atoms with Crippen molar-refractivity contribution in [3.8, 4) is 0 Å². The van der Waals surface area contributed by atoms with E-state index < -0.39 is 5.97 Å². The number of nitrogens with zero attached hydrogens (tertiary/aromatic N) is 1. The molecule has 1 fully saturated rings. The summed E-state index contributed by atoms with van der Waals surface area (Å²) < 4.78 is 4.67. The number of para-hydroxylation sites is 2. The molecule has 0 atom stereocenters. The number of rotatable bonds is 4. The molecular weight excluding hydrogens is 320 g/mol. The minimum atomic E-state index is -0.502. The van der Waals surface area contributed by atoms with Gasteiger partial charge < -0.3 is 15.0 Å². The summed E-state index contributed by atoms with van der Waals surface area (Å²) in [5, 5.41) is 2.82. The maximum absolute atomic E-state index is 12.6. The summed E-state index contributed by atoms with van der Waals surface area (Å²) >= 11 is 0. The molecule has 0 aliphatic carbocycles. The van der Waals surface area contributed by atoms with Gasteiger partial charge in [0.15, 0.2) is 0 Å². The molecule has 6 nitrogen and oxygen atoms in total. The minimum absolute atomic E-state index is 0.0504. The van der Waals surface area contributed by atoms with E-state index in [1.807, 2.05) is 12.1 Å². The third-order valence-corrected chi connectivity index (χ3v) is 4.06. The maximum atomic E-state index is 12.6. The minimum Gasteiger partial charge on any atom is -0.465 e. The smallest absolute Gasteiger partial charge is 0.337 e. The molecule has 0 radical (unpaired) electrons. The van der Waals surface area contributed by atoms with Crippen LogP contribution >= 0.6 is 0 Å². The number of hydrogen-bond donors (Lipinski definition) is 1. The normalized spacial score (nSPS) is 13.6. The zero-order chi connectivity index (χ0) is 17.8. The first kappa shape index (κ1) is 16.7. The van der Waals surface area contributed by atoms with Crippen LogP contribution in [0.15, 0.2) is 48.5 Å². The first-order chi connectivity index (χ1) is 12.1. The standard InChI is InChI=1S/C19H18N2O4/c1-25-19(24)14-7-4-6-13(12-14)18(23)20-15-8-2-3-9-16(15)21-11-5-10-17(21)22/h2-4,6-9,12H,5,10-11H2,1H3,(H,20,23). The van der Waals surface area contributed by atoms with Crippen molar-refractivity contribution in [2.24, 2.45) is 0 Å². The Labute approximate surface area is 145 Å². The number of benzene rings is 2. The number of anilines is 2. The lowest BCUT2D eigenvalue weighted by Crippen LogP contribution is -2.25. The van der Waals surface area contributed by atoms with Crippen molar-refractivity contribution in [2.45, 2.75) is 12.8 Å². The van der Waals surface area contributed by atoms with Gasteiger partial charge >= 0.3 is 5.97 Å². The molecule has 6 heteroatoms. The highest BCUT2D eigenvalue weighted by atomic mass is 16.5. The lowest BCUT2D eigenvalue weighted by molar-refractivity contribution is -0.117. The highest BCUT2D eigenvalue weighted by Crippen LogP contribution is 2.29. The van der Waals surface area contributed by atoms with Crippen molar-refractivity contribution in [1.29, 1.82) is 0 Å². The van der Waals surface area contributed by atoms with E-state index in [0.717, 1.165) is 6.42 Å². The molecule has 0 aromatic heterocycles. The highest BCUT2D eigenvalue weighted by Gasteiger charge is 2.24. The Morgan fingerprint density at radius 1 is 1.08 bits per heavy atom. The van der Waals surface area contributed by atoms with E-state index in [0.29, 0.717) is 35.5 Å². The number of nitrogens with one attached hydrogen (secondary N) is 1. The van der Waals surface area contributed by atoms with Crippen LogP contribution < -0.4 is 10.2 Å². The molecule has 25 heavy (non-hydrogen) atoms.